The number of anilines is 1. The summed E-state index contributed by atoms with van der Waals surface area (Å²) in [4.78, 5) is 15.3. The molecular formula is C24H37F3N6O3. The second kappa shape index (κ2) is 12.2. The minimum atomic E-state index is -4.65. The Labute approximate surface area is 208 Å². The molecule has 9 nitrogen and oxygen atoms in total. The molecule has 1 aromatic heterocycles. The van der Waals surface area contributed by atoms with Crippen molar-refractivity contribution in [2.24, 2.45) is 7.05 Å². The largest absolute Gasteiger partial charge is 0.417 e. The SMILES string of the molecule is CO.Cn1nc(C(=O)NC2CCN(CCNC3CCC(O)CC3)CC2)c2c(C(F)(F)F)cc(N)cc21. The van der Waals surface area contributed by atoms with Gasteiger partial charge in [-0.25, -0.2) is 0 Å². The third-order valence-corrected chi connectivity index (χ3v) is 6.98. The average Bonchev–Trinajstić information content (AvgIpc) is 3.18. The number of carbonyl (C=O) groups excluding carboxylic acids is 1. The van der Waals surface area contributed by atoms with Gasteiger partial charge in [0.2, 0.25) is 0 Å². The van der Waals surface area contributed by atoms with Gasteiger partial charge in [-0.3, -0.25) is 9.48 Å². The van der Waals surface area contributed by atoms with Crippen LogP contribution < -0.4 is 16.4 Å². The number of amides is 1. The molecule has 1 aliphatic heterocycles. The van der Waals surface area contributed by atoms with Crippen molar-refractivity contribution in [2.45, 2.75) is 62.9 Å². The molecular weight excluding hydrogens is 477 g/mol. The maximum absolute atomic E-state index is 13.6. The van der Waals surface area contributed by atoms with Gasteiger partial charge >= 0.3 is 6.18 Å². The van der Waals surface area contributed by atoms with Crippen LogP contribution in [0, 0.1) is 0 Å². The van der Waals surface area contributed by atoms with E-state index in [0.29, 0.717) is 6.04 Å². The molecule has 1 amide bonds. The van der Waals surface area contributed by atoms with Crippen LogP contribution in [-0.2, 0) is 13.2 Å². The van der Waals surface area contributed by atoms with Crippen LogP contribution in [0.4, 0.5) is 18.9 Å². The summed E-state index contributed by atoms with van der Waals surface area (Å²) in [5.41, 5.74) is 4.63. The topological polar surface area (TPSA) is 129 Å². The number of rotatable bonds is 6. The van der Waals surface area contributed by atoms with Crippen molar-refractivity contribution in [1.29, 1.82) is 0 Å². The Morgan fingerprint density at radius 1 is 1.11 bits per heavy atom. The average molecular weight is 515 g/mol. The highest BCUT2D eigenvalue weighted by Gasteiger charge is 2.36. The van der Waals surface area contributed by atoms with Gasteiger partial charge in [-0.2, -0.15) is 18.3 Å². The molecule has 36 heavy (non-hydrogen) atoms. The molecule has 2 aliphatic rings. The number of nitrogens with two attached hydrogens (primary N) is 1. The first-order valence-electron chi connectivity index (χ1n) is 12.3. The zero-order chi connectivity index (χ0) is 26.5. The van der Waals surface area contributed by atoms with Crippen molar-refractivity contribution >= 4 is 22.5 Å². The predicted molar refractivity (Wildman–Crippen MR) is 131 cm³/mol. The Bertz CT molecular complexity index is 1010. The maximum Gasteiger partial charge on any atom is 0.417 e. The van der Waals surface area contributed by atoms with E-state index >= 15 is 0 Å². The number of fused-ring (bicyclic) bond motifs is 1. The number of aromatic nitrogens is 2. The number of nitrogens with one attached hydrogen (secondary N) is 2. The van der Waals surface area contributed by atoms with Gasteiger partial charge in [-0.15, -0.1) is 0 Å². The number of nitrogen functional groups attached to an aromatic ring is 1. The van der Waals surface area contributed by atoms with E-state index in [1.54, 1.807) is 0 Å². The van der Waals surface area contributed by atoms with Crippen molar-refractivity contribution in [2.75, 3.05) is 39.0 Å². The number of carbonyl (C=O) groups is 1. The van der Waals surface area contributed by atoms with Gasteiger partial charge in [-0.1, -0.05) is 0 Å². The predicted octanol–water partition coefficient (Wildman–Crippen LogP) is 1.87. The lowest BCUT2D eigenvalue weighted by Gasteiger charge is -2.33. The smallest absolute Gasteiger partial charge is 0.400 e. The van der Waals surface area contributed by atoms with Crippen LogP contribution in [0.2, 0.25) is 0 Å². The molecule has 0 spiro atoms. The molecule has 1 saturated heterocycles. The van der Waals surface area contributed by atoms with E-state index in [1.165, 1.54) is 17.8 Å². The molecule has 0 bridgehead atoms. The maximum atomic E-state index is 13.6. The Balaban J connectivity index is 0.00000176. The summed E-state index contributed by atoms with van der Waals surface area (Å²) in [6.45, 7) is 3.40. The normalized spacial score (nSPS) is 21.8. The number of hydrogen-bond donors (Lipinski definition) is 5. The third-order valence-electron chi connectivity index (χ3n) is 6.98. The number of piperidine rings is 1. The van der Waals surface area contributed by atoms with Crippen LogP contribution in [0.3, 0.4) is 0 Å². The number of aliphatic hydroxyl groups excluding tert-OH is 2. The molecule has 2 aromatic rings. The van der Waals surface area contributed by atoms with E-state index in [0.717, 1.165) is 77.9 Å². The van der Waals surface area contributed by atoms with Crippen molar-refractivity contribution in [3.05, 3.63) is 23.4 Å². The Morgan fingerprint density at radius 3 is 2.36 bits per heavy atom. The second-order valence-electron chi connectivity index (χ2n) is 9.48. The first-order chi connectivity index (χ1) is 17.1. The van der Waals surface area contributed by atoms with Gasteiger partial charge in [0.15, 0.2) is 5.69 Å². The number of aryl methyl sites for hydroxylation is 1. The van der Waals surface area contributed by atoms with Crippen LogP contribution in [0.25, 0.3) is 10.9 Å². The van der Waals surface area contributed by atoms with E-state index in [4.69, 9.17) is 10.8 Å². The quantitative estimate of drug-likeness (QED) is 0.372. The zero-order valence-corrected chi connectivity index (χ0v) is 20.8. The number of aliphatic hydroxyl groups is 2. The highest BCUT2D eigenvalue weighted by atomic mass is 19.4. The molecule has 6 N–H and O–H groups in total. The van der Waals surface area contributed by atoms with Gasteiger partial charge in [-0.05, 0) is 50.7 Å². The summed E-state index contributed by atoms with van der Waals surface area (Å²) < 4.78 is 42.2. The van der Waals surface area contributed by atoms with Crippen molar-refractivity contribution in [3.8, 4) is 0 Å². The summed E-state index contributed by atoms with van der Waals surface area (Å²) >= 11 is 0. The molecule has 0 unspecified atom stereocenters. The van der Waals surface area contributed by atoms with Crippen LogP contribution in [0.1, 0.15) is 54.6 Å². The van der Waals surface area contributed by atoms with Gasteiger partial charge in [0.25, 0.3) is 5.91 Å². The highest BCUT2D eigenvalue weighted by Crippen LogP contribution is 2.38. The number of halogens is 3. The van der Waals surface area contributed by atoms with E-state index in [2.05, 4.69) is 20.6 Å². The highest BCUT2D eigenvalue weighted by molar-refractivity contribution is 6.07. The fourth-order valence-corrected chi connectivity index (χ4v) is 5.05. The lowest BCUT2D eigenvalue weighted by Crippen LogP contribution is -2.47. The number of benzene rings is 1. The minimum Gasteiger partial charge on any atom is -0.400 e. The number of hydrogen-bond acceptors (Lipinski definition) is 7. The summed E-state index contributed by atoms with van der Waals surface area (Å²) in [5.74, 6) is -0.597. The van der Waals surface area contributed by atoms with E-state index in [1.807, 2.05) is 0 Å². The number of alkyl halides is 3. The van der Waals surface area contributed by atoms with Gasteiger partial charge < -0.3 is 31.5 Å². The van der Waals surface area contributed by atoms with Crippen LogP contribution in [0.5, 0.6) is 0 Å². The van der Waals surface area contributed by atoms with Crippen LogP contribution in [0.15, 0.2) is 12.1 Å². The molecule has 2 heterocycles. The standard InChI is InChI=1S/C23H33F3N6O2.CH4O/c1-31-19-13-14(27)12-18(23(24,25)26)20(19)21(30-31)22(34)29-16-6-9-32(10-7-16)11-8-28-15-2-4-17(33)5-3-15;1-2/h12-13,15-17,28,33H,2-11,27H2,1H3,(H,29,34);2H,1H3. The van der Waals surface area contributed by atoms with Crippen molar-refractivity contribution < 1.29 is 28.2 Å². The monoisotopic (exact) mass is 514 g/mol. The van der Waals surface area contributed by atoms with Crippen LogP contribution >= 0.6 is 0 Å². The van der Waals surface area contributed by atoms with Gasteiger partial charge in [0.1, 0.15) is 0 Å². The van der Waals surface area contributed by atoms with E-state index in [-0.39, 0.29) is 34.4 Å². The third kappa shape index (κ3) is 6.87. The zero-order valence-electron chi connectivity index (χ0n) is 20.8. The Hall–Kier alpha value is -2.41. The summed E-state index contributed by atoms with van der Waals surface area (Å²) in [6.07, 6.45) is 0.354. The van der Waals surface area contributed by atoms with Crippen molar-refractivity contribution in [3.63, 3.8) is 0 Å². The molecule has 0 radical (unpaired) electrons. The van der Waals surface area contributed by atoms with Gasteiger partial charge in [0.05, 0.1) is 17.2 Å². The Kier molecular flexibility index (Phi) is 9.56. The fourth-order valence-electron chi connectivity index (χ4n) is 5.05. The summed E-state index contributed by atoms with van der Waals surface area (Å²) in [6, 6.07) is 2.60. The minimum absolute atomic E-state index is 0.0299. The number of likely N-dealkylation sites (tertiary alicyclic amines) is 1. The molecule has 0 atom stereocenters. The molecule has 1 saturated carbocycles. The molecule has 2 fully saturated rings. The molecule has 4 rings (SSSR count). The lowest BCUT2D eigenvalue weighted by atomic mass is 9.93. The van der Waals surface area contributed by atoms with Gasteiger partial charge in [0, 0.05) is 63.5 Å². The fraction of sp³-hybridized carbons (Fsp3) is 0.667. The van der Waals surface area contributed by atoms with E-state index < -0.39 is 17.6 Å². The molecule has 1 aromatic carbocycles. The Morgan fingerprint density at radius 2 is 1.75 bits per heavy atom. The van der Waals surface area contributed by atoms with Crippen LogP contribution in [-0.4, -0.2) is 82.3 Å². The molecule has 12 heteroatoms. The first kappa shape index (κ1) is 28.2. The molecule has 1 aliphatic carbocycles. The summed E-state index contributed by atoms with van der Waals surface area (Å²) in [5, 5.41) is 26.9. The van der Waals surface area contributed by atoms with Crippen molar-refractivity contribution in [1.82, 2.24) is 25.3 Å². The lowest BCUT2D eigenvalue weighted by molar-refractivity contribution is -0.136. The summed E-state index contributed by atoms with van der Waals surface area (Å²) in [7, 11) is 2.50. The van der Waals surface area contributed by atoms with E-state index in [9.17, 15) is 23.1 Å². The molecule has 202 valence electrons. The first-order valence-corrected chi connectivity index (χ1v) is 12.3. The second-order valence-corrected chi connectivity index (χ2v) is 9.48. The number of nitrogens with zero attached hydrogens (tertiary/aromatic N) is 3.